The summed E-state index contributed by atoms with van der Waals surface area (Å²) in [7, 11) is 0. The summed E-state index contributed by atoms with van der Waals surface area (Å²) < 4.78 is 0.209. The Labute approximate surface area is 144 Å². The third-order valence-electron chi connectivity index (χ3n) is 8.92. The van der Waals surface area contributed by atoms with Gasteiger partial charge in [0.15, 0.2) is 0 Å². The van der Waals surface area contributed by atoms with Crippen molar-refractivity contribution in [1.82, 2.24) is 0 Å². The Hall–Kier alpha value is 0.440. The maximum atomic E-state index is 10.6. The molecule has 126 valence electrons. The van der Waals surface area contributed by atoms with Gasteiger partial charge in [0.25, 0.3) is 0 Å². The first kappa shape index (κ1) is 15.9. The molecular weight excluding hydrogens is 336 g/mol. The van der Waals surface area contributed by atoms with Crippen molar-refractivity contribution in [2.75, 3.05) is 6.61 Å². The molecule has 0 amide bonds. The van der Waals surface area contributed by atoms with Crippen LogP contribution in [-0.2, 0) is 0 Å². The Morgan fingerprint density at radius 1 is 0.955 bits per heavy atom. The fourth-order valence-corrected chi connectivity index (χ4v) is 8.79. The van der Waals surface area contributed by atoms with E-state index in [1.165, 1.54) is 64.2 Å². The van der Waals surface area contributed by atoms with E-state index in [-0.39, 0.29) is 9.74 Å². The van der Waals surface area contributed by atoms with Crippen LogP contribution in [0.15, 0.2) is 0 Å². The maximum absolute atomic E-state index is 10.6. The van der Waals surface area contributed by atoms with E-state index >= 15 is 0 Å². The molecule has 0 radical (unpaired) electrons. The van der Waals surface area contributed by atoms with Crippen LogP contribution in [0.1, 0.15) is 78.1 Å². The van der Waals surface area contributed by atoms with Crippen molar-refractivity contribution in [2.24, 2.45) is 34.5 Å². The zero-order valence-electron chi connectivity index (χ0n) is 14.4. The predicted molar refractivity (Wildman–Crippen MR) is 95.1 cm³/mol. The molecule has 1 N–H and O–H groups in total. The second kappa shape index (κ2) is 5.22. The average molecular weight is 369 g/mol. The Morgan fingerprint density at radius 2 is 1.73 bits per heavy atom. The van der Waals surface area contributed by atoms with Gasteiger partial charge in [-0.1, -0.05) is 42.6 Å². The number of rotatable bonds is 1. The summed E-state index contributed by atoms with van der Waals surface area (Å²) in [6.45, 7) is 5.42. The number of hydrogen-bond donors (Lipinski definition) is 1. The van der Waals surface area contributed by atoms with E-state index in [1.54, 1.807) is 0 Å². The number of fused-ring (bicyclic) bond motifs is 5. The minimum atomic E-state index is 0.164. The van der Waals surface area contributed by atoms with E-state index in [9.17, 15) is 5.11 Å². The van der Waals surface area contributed by atoms with Crippen LogP contribution in [-0.4, -0.2) is 16.0 Å². The van der Waals surface area contributed by atoms with Crippen molar-refractivity contribution in [3.05, 3.63) is 0 Å². The monoisotopic (exact) mass is 368 g/mol. The predicted octanol–water partition coefficient (Wildman–Crippen LogP) is 5.55. The molecule has 0 aromatic heterocycles. The normalized spacial score (nSPS) is 57.8. The van der Waals surface area contributed by atoms with Crippen LogP contribution >= 0.6 is 15.9 Å². The number of aliphatic hydroxyl groups excluding tert-OH is 1. The van der Waals surface area contributed by atoms with Crippen molar-refractivity contribution < 1.29 is 5.11 Å². The molecule has 0 aromatic carbocycles. The molecule has 4 rings (SSSR count). The highest BCUT2D eigenvalue weighted by atomic mass is 79.9. The number of alkyl halides is 1. The van der Waals surface area contributed by atoms with Crippen molar-refractivity contribution in [1.29, 1.82) is 0 Å². The second-order valence-electron chi connectivity index (χ2n) is 9.47. The lowest BCUT2D eigenvalue weighted by atomic mass is 9.43. The number of hydrogen-bond acceptors (Lipinski definition) is 1. The average Bonchev–Trinajstić information content (AvgIpc) is 2.90. The summed E-state index contributed by atoms with van der Waals surface area (Å²) >= 11 is 4.24. The van der Waals surface area contributed by atoms with Gasteiger partial charge >= 0.3 is 0 Å². The summed E-state index contributed by atoms with van der Waals surface area (Å²) in [5.74, 6) is 3.32. The first-order chi connectivity index (χ1) is 10.5. The fraction of sp³-hybridized carbons (Fsp3) is 1.00. The standard InChI is InChI=1S/C20H33BrO/c1-14-5-3-10-19(13-22)17-8-11-18(2)9-4-6-16(18)15(17)7-12-20(14,19)21/h14-17,22H,3-13H2,1-2H3/t14-,15+,16+,17+,18+,19+,20-/m1/s1. The topological polar surface area (TPSA) is 20.2 Å². The molecule has 0 spiro atoms. The van der Waals surface area contributed by atoms with E-state index < -0.39 is 0 Å². The van der Waals surface area contributed by atoms with Gasteiger partial charge in [0.05, 0.1) is 6.61 Å². The third-order valence-corrected chi connectivity index (χ3v) is 10.9. The molecule has 0 saturated heterocycles. The van der Waals surface area contributed by atoms with Gasteiger partial charge in [0.1, 0.15) is 0 Å². The van der Waals surface area contributed by atoms with Crippen LogP contribution in [0.3, 0.4) is 0 Å². The quantitative estimate of drug-likeness (QED) is 0.601. The van der Waals surface area contributed by atoms with Crippen molar-refractivity contribution >= 4 is 15.9 Å². The van der Waals surface area contributed by atoms with Gasteiger partial charge in [-0.15, -0.1) is 0 Å². The van der Waals surface area contributed by atoms with Gasteiger partial charge in [-0.05, 0) is 80.5 Å². The zero-order valence-corrected chi connectivity index (χ0v) is 16.0. The zero-order chi connectivity index (χ0) is 15.6. The summed E-state index contributed by atoms with van der Waals surface area (Å²) in [5.41, 5.74) is 0.794. The van der Waals surface area contributed by atoms with Crippen molar-refractivity contribution in [2.45, 2.75) is 82.4 Å². The molecular formula is C20H33BrO. The number of halogens is 1. The minimum Gasteiger partial charge on any atom is -0.396 e. The molecule has 22 heavy (non-hydrogen) atoms. The molecule has 0 unspecified atom stereocenters. The van der Waals surface area contributed by atoms with Crippen molar-refractivity contribution in [3.8, 4) is 0 Å². The van der Waals surface area contributed by atoms with Crippen molar-refractivity contribution in [3.63, 3.8) is 0 Å². The fourth-order valence-electron chi connectivity index (χ4n) is 7.71. The lowest BCUT2D eigenvalue weighted by molar-refractivity contribution is -0.130. The highest BCUT2D eigenvalue weighted by molar-refractivity contribution is 9.10. The van der Waals surface area contributed by atoms with Crippen LogP contribution in [0.25, 0.3) is 0 Å². The van der Waals surface area contributed by atoms with Gasteiger partial charge in [-0.2, -0.15) is 0 Å². The first-order valence-corrected chi connectivity index (χ1v) is 10.6. The Kier molecular flexibility index (Phi) is 3.78. The van der Waals surface area contributed by atoms with Gasteiger partial charge in [-0.3, -0.25) is 0 Å². The molecule has 1 nitrogen and oxygen atoms in total. The molecule has 7 atom stereocenters. The largest absolute Gasteiger partial charge is 0.396 e. The highest BCUT2D eigenvalue weighted by Crippen LogP contribution is 2.70. The second-order valence-corrected chi connectivity index (χ2v) is 10.9. The molecule has 0 aliphatic heterocycles. The van der Waals surface area contributed by atoms with Gasteiger partial charge in [0, 0.05) is 9.74 Å². The van der Waals surface area contributed by atoms with E-state index in [0.717, 1.165) is 17.8 Å². The molecule has 0 aromatic rings. The van der Waals surface area contributed by atoms with Crippen LogP contribution in [0, 0.1) is 34.5 Å². The lowest BCUT2D eigenvalue weighted by Crippen LogP contribution is -2.63. The summed E-state index contributed by atoms with van der Waals surface area (Å²) in [5, 5.41) is 10.6. The Balaban J connectivity index is 1.73. The SMILES string of the molecule is C[C@@H]1CCC[C@]2(CO)[C@H]3CC[C@]4(C)CCC[C@H]4[C@@H]3CC[C@@]12Br. The Bertz CT molecular complexity index is 451. The van der Waals surface area contributed by atoms with Gasteiger partial charge < -0.3 is 5.11 Å². The van der Waals surface area contributed by atoms with E-state index in [0.29, 0.717) is 17.9 Å². The maximum Gasteiger partial charge on any atom is 0.0503 e. The number of aliphatic hydroxyl groups is 1. The van der Waals surface area contributed by atoms with Gasteiger partial charge in [0.2, 0.25) is 0 Å². The molecule has 0 bridgehead atoms. The van der Waals surface area contributed by atoms with Crippen LogP contribution in [0.2, 0.25) is 0 Å². The van der Waals surface area contributed by atoms with Crippen LogP contribution in [0.4, 0.5) is 0 Å². The minimum absolute atomic E-state index is 0.164. The van der Waals surface area contributed by atoms with Crippen LogP contribution in [0.5, 0.6) is 0 Å². The first-order valence-electron chi connectivity index (χ1n) is 9.77. The molecule has 4 aliphatic rings. The van der Waals surface area contributed by atoms with Gasteiger partial charge in [-0.25, -0.2) is 0 Å². The molecule has 0 heterocycles. The smallest absolute Gasteiger partial charge is 0.0503 e. The lowest BCUT2D eigenvalue weighted by Gasteiger charge is -2.65. The summed E-state index contributed by atoms with van der Waals surface area (Å²) in [6, 6.07) is 0. The molecule has 4 fully saturated rings. The van der Waals surface area contributed by atoms with Crippen LogP contribution < -0.4 is 0 Å². The highest BCUT2D eigenvalue weighted by Gasteiger charge is 2.65. The molecule has 4 saturated carbocycles. The summed E-state index contributed by atoms with van der Waals surface area (Å²) in [6.07, 6.45) is 13.8. The third kappa shape index (κ3) is 1.86. The molecule has 2 heteroatoms. The van der Waals surface area contributed by atoms with E-state index in [2.05, 4.69) is 29.8 Å². The molecule has 4 aliphatic carbocycles. The van der Waals surface area contributed by atoms with E-state index in [4.69, 9.17) is 0 Å². The summed E-state index contributed by atoms with van der Waals surface area (Å²) in [4.78, 5) is 0. The van der Waals surface area contributed by atoms with E-state index in [1.807, 2.05) is 0 Å². The Morgan fingerprint density at radius 3 is 2.50 bits per heavy atom.